The highest BCUT2D eigenvalue weighted by molar-refractivity contribution is 5.98. The number of benzene rings is 4. The van der Waals surface area contributed by atoms with E-state index in [0.29, 0.717) is 40.6 Å². The Morgan fingerprint density at radius 2 is 1.53 bits per heavy atom. The molecule has 0 aromatic heterocycles. The predicted octanol–water partition coefficient (Wildman–Crippen LogP) is 5.35. The molecule has 182 valence electrons. The Hall–Kier alpha value is -4.78. The lowest BCUT2D eigenvalue weighted by molar-refractivity contribution is -0.117. The van der Waals surface area contributed by atoms with Crippen molar-refractivity contribution < 1.29 is 14.3 Å². The van der Waals surface area contributed by atoms with Crippen LogP contribution in [0.2, 0.25) is 0 Å². The molecule has 36 heavy (non-hydrogen) atoms. The molecule has 1 amide bonds. The van der Waals surface area contributed by atoms with E-state index in [1.54, 1.807) is 43.5 Å². The first-order chi connectivity index (χ1) is 17.5. The van der Waals surface area contributed by atoms with Gasteiger partial charge in [-0.3, -0.25) is 10.2 Å². The number of hydrogen-bond acceptors (Lipinski definition) is 5. The number of para-hydroxylation sites is 1. The molecule has 0 radical (unpaired) electrons. The molecule has 0 aliphatic carbocycles. The lowest BCUT2D eigenvalue weighted by Crippen LogP contribution is -2.27. The Morgan fingerprint density at radius 1 is 0.861 bits per heavy atom. The van der Waals surface area contributed by atoms with E-state index in [-0.39, 0.29) is 11.7 Å². The van der Waals surface area contributed by atoms with Gasteiger partial charge in [0.05, 0.1) is 7.11 Å². The van der Waals surface area contributed by atoms with Crippen molar-refractivity contribution in [2.45, 2.75) is 12.6 Å². The van der Waals surface area contributed by atoms with Crippen LogP contribution >= 0.6 is 0 Å². The second-order valence-corrected chi connectivity index (χ2v) is 8.11. The van der Waals surface area contributed by atoms with Crippen LogP contribution in [-0.2, 0) is 11.4 Å². The van der Waals surface area contributed by atoms with E-state index in [0.717, 1.165) is 5.56 Å². The predicted molar refractivity (Wildman–Crippen MR) is 143 cm³/mol. The van der Waals surface area contributed by atoms with Gasteiger partial charge in [-0.25, -0.2) is 0 Å². The normalized spacial score (nSPS) is 11.2. The van der Waals surface area contributed by atoms with Gasteiger partial charge < -0.3 is 25.8 Å². The lowest BCUT2D eigenvalue weighted by atomic mass is 10.0. The minimum atomic E-state index is -0.731. The summed E-state index contributed by atoms with van der Waals surface area (Å²) in [6.07, 6.45) is 0. The Balaban J connectivity index is 1.60. The van der Waals surface area contributed by atoms with E-state index in [2.05, 4.69) is 10.6 Å². The second-order valence-electron chi connectivity index (χ2n) is 8.11. The quantitative estimate of drug-likeness (QED) is 0.181. The molecule has 0 aliphatic rings. The summed E-state index contributed by atoms with van der Waals surface area (Å²) in [5.41, 5.74) is 9.31. The summed E-state index contributed by atoms with van der Waals surface area (Å²) in [4.78, 5) is 13.4. The van der Waals surface area contributed by atoms with Gasteiger partial charge in [-0.05, 0) is 59.7 Å². The van der Waals surface area contributed by atoms with Crippen molar-refractivity contribution in [1.29, 1.82) is 5.41 Å². The SMILES string of the molecule is COc1cc([C@H](Nc2ccc(C(=N)N)cc2)C(=O)Nc2ccccc2)ccc1OCc1ccccc1. The van der Waals surface area contributed by atoms with Crippen molar-refractivity contribution in [3.63, 3.8) is 0 Å². The number of ether oxygens (including phenoxy) is 2. The Kier molecular flexibility index (Phi) is 7.83. The molecule has 0 fully saturated rings. The topological polar surface area (TPSA) is 109 Å². The van der Waals surface area contributed by atoms with Gasteiger partial charge in [0.1, 0.15) is 18.5 Å². The number of amidine groups is 1. The zero-order valence-corrected chi connectivity index (χ0v) is 19.9. The molecule has 7 heteroatoms. The molecule has 4 aromatic carbocycles. The molecule has 1 atom stereocenters. The van der Waals surface area contributed by atoms with Gasteiger partial charge >= 0.3 is 0 Å². The van der Waals surface area contributed by atoms with Crippen molar-refractivity contribution in [1.82, 2.24) is 0 Å². The maximum absolute atomic E-state index is 13.4. The van der Waals surface area contributed by atoms with Crippen LogP contribution in [0.1, 0.15) is 22.7 Å². The van der Waals surface area contributed by atoms with Crippen molar-refractivity contribution in [3.8, 4) is 11.5 Å². The van der Waals surface area contributed by atoms with Crippen LogP contribution in [0.25, 0.3) is 0 Å². The average Bonchev–Trinajstić information content (AvgIpc) is 2.92. The highest BCUT2D eigenvalue weighted by Crippen LogP contribution is 2.33. The van der Waals surface area contributed by atoms with E-state index in [1.807, 2.05) is 66.7 Å². The summed E-state index contributed by atoms with van der Waals surface area (Å²) < 4.78 is 11.6. The molecule has 0 bridgehead atoms. The third-order valence-electron chi connectivity index (χ3n) is 5.57. The van der Waals surface area contributed by atoms with Crippen LogP contribution in [-0.4, -0.2) is 18.9 Å². The third kappa shape index (κ3) is 6.21. The molecule has 7 nitrogen and oxygen atoms in total. The summed E-state index contributed by atoms with van der Waals surface area (Å²) in [5.74, 6) is 0.848. The van der Waals surface area contributed by atoms with E-state index >= 15 is 0 Å². The number of methoxy groups -OCH3 is 1. The maximum Gasteiger partial charge on any atom is 0.251 e. The fraction of sp³-hybridized carbons (Fsp3) is 0.103. The molecule has 5 N–H and O–H groups in total. The minimum Gasteiger partial charge on any atom is -0.493 e. The van der Waals surface area contributed by atoms with Crippen LogP contribution in [0.15, 0.2) is 103 Å². The Labute approximate surface area is 210 Å². The number of hydrogen-bond donors (Lipinski definition) is 4. The largest absolute Gasteiger partial charge is 0.493 e. The molecular weight excluding hydrogens is 452 g/mol. The first-order valence-corrected chi connectivity index (χ1v) is 11.4. The van der Waals surface area contributed by atoms with Gasteiger partial charge in [-0.15, -0.1) is 0 Å². The van der Waals surface area contributed by atoms with Crippen molar-refractivity contribution in [3.05, 3.63) is 120 Å². The van der Waals surface area contributed by atoms with Crippen molar-refractivity contribution in [2.75, 3.05) is 17.7 Å². The fourth-order valence-corrected chi connectivity index (χ4v) is 3.67. The molecular formula is C29H28N4O3. The van der Waals surface area contributed by atoms with E-state index in [9.17, 15) is 4.79 Å². The van der Waals surface area contributed by atoms with E-state index < -0.39 is 6.04 Å². The minimum absolute atomic E-state index is 0.0178. The zero-order valence-electron chi connectivity index (χ0n) is 19.9. The van der Waals surface area contributed by atoms with Crippen LogP contribution in [0.4, 0.5) is 11.4 Å². The molecule has 0 saturated carbocycles. The number of nitrogen functional groups attached to an aromatic ring is 1. The van der Waals surface area contributed by atoms with Gasteiger partial charge in [-0.2, -0.15) is 0 Å². The second kappa shape index (κ2) is 11.6. The highest BCUT2D eigenvalue weighted by Gasteiger charge is 2.23. The average molecular weight is 481 g/mol. The zero-order chi connectivity index (χ0) is 25.3. The van der Waals surface area contributed by atoms with Gasteiger partial charge in [0.15, 0.2) is 11.5 Å². The fourth-order valence-electron chi connectivity index (χ4n) is 3.67. The Bertz CT molecular complexity index is 1310. The van der Waals surface area contributed by atoms with Crippen LogP contribution in [0.3, 0.4) is 0 Å². The van der Waals surface area contributed by atoms with E-state index in [1.165, 1.54) is 0 Å². The molecule has 0 unspecified atom stereocenters. The van der Waals surface area contributed by atoms with Gasteiger partial charge in [0.2, 0.25) is 0 Å². The van der Waals surface area contributed by atoms with Crippen LogP contribution < -0.4 is 25.8 Å². The smallest absolute Gasteiger partial charge is 0.251 e. The maximum atomic E-state index is 13.4. The monoisotopic (exact) mass is 480 g/mol. The first kappa shape index (κ1) is 24.3. The summed E-state index contributed by atoms with van der Waals surface area (Å²) in [6, 6.07) is 30.9. The van der Waals surface area contributed by atoms with Crippen LogP contribution in [0, 0.1) is 5.41 Å². The van der Waals surface area contributed by atoms with Gasteiger partial charge in [0, 0.05) is 16.9 Å². The summed E-state index contributed by atoms with van der Waals surface area (Å²) in [7, 11) is 1.57. The number of amides is 1. The third-order valence-corrected chi connectivity index (χ3v) is 5.57. The molecule has 4 rings (SSSR count). The van der Waals surface area contributed by atoms with Crippen molar-refractivity contribution >= 4 is 23.1 Å². The highest BCUT2D eigenvalue weighted by atomic mass is 16.5. The summed E-state index contributed by atoms with van der Waals surface area (Å²) >= 11 is 0. The Morgan fingerprint density at radius 3 is 2.17 bits per heavy atom. The standard InChI is InChI=1S/C29H28N4O3/c1-35-26-18-22(14-17-25(26)36-19-20-8-4-2-5-9-20)27(29(34)33-23-10-6-3-7-11-23)32-24-15-12-21(13-16-24)28(30)31/h2-18,27,32H,19H2,1H3,(H3,30,31)(H,33,34)/t27-/m0/s1. The molecule has 0 aliphatic heterocycles. The molecule has 0 heterocycles. The molecule has 0 spiro atoms. The number of nitrogens with one attached hydrogen (secondary N) is 3. The number of carbonyl (C=O) groups is 1. The van der Waals surface area contributed by atoms with E-state index in [4.69, 9.17) is 20.6 Å². The molecule has 4 aromatic rings. The van der Waals surface area contributed by atoms with Gasteiger partial charge in [-0.1, -0.05) is 54.6 Å². The summed E-state index contributed by atoms with van der Waals surface area (Å²) in [5, 5.41) is 13.8. The van der Waals surface area contributed by atoms with Crippen molar-refractivity contribution in [2.24, 2.45) is 5.73 Å². The number of anilines is 2. The summed E-state index contributed by atoms with van der Waals surface area (Å²) in [6.45, 7) is 0.398. The number of rotatable bonds is 10. The molecule has 0 saturated heterocycles. The number of nitrogens with two attached hydrogens (primary N) is 1. The number of carbonyl (C=O) groups excluding carboxylic acids is 1. The lowest BCUT2D eigenvalue weighted by Gasteiger charge is -2.21. The van der Waals surface area contributed by atoms with Crippen LogP contribution in [0.5, 0.6) is 11.5 Å². The van der Waals surface area contributed by atoms with Gasteiger partial charge in [0.25, 0.3) is 5.91 Å². The first-order valence-electron chi connectivity index (χ1n) is 11.4.